The second kappa shape index (κ2) is 3.85. The van der Waals surface area contributed by atoms with E-state index in [0.717, 1.165) is 17.5 Å². The maximum absolute atomic E-state index is 10.4. The first kappa shape index (κ1) is 9.45. The average molecular weight is 177 g/mol. The average Bonchev–Trinajstić information content (AvgIpc) is 2.16. The molecular weight excluding hydrogens is 166 g/mol. The zero-order valence-corrected chi connectivity index (χ0v) is 7.49. The number of nitro benzene ring substituents is 1. The predicted octanol–water partition coefficient (Wildman–Crippen LogP) is 2.80. The summed E-state index contributed by atoms with van der Waals surface area (Å²) in [7, 11) is 0. The summed E-state index contributed by atoms with van der Waals surface area (Å²) < 4.78 is 0. The van der Waals surface area contributed by atoms with Gasteiger partial charge in [-0.15, -0.1) is 0 Å². The quantitative estimate of drug-likeness (QED) is 0.526. The van der Waals surface area contributed by atoms with Crippen LogP contribution in [0.4, 0.5) is 5.69 Å². The molecule has 13 heavy (non-hydrogen) atoms. The highest BCUT2D eigenvalue weighted by molar-refractivity contribution is 5.56. The van der Waals surface area contributed by atoms with Gasteiger partial charge in [-0.3, -0.25) is 10.1 Å². The van der Waals surface area contributed by atoms with Crippen LogP contribution >= 0.6 is 0 Å². The van der Waals surface area contributed by atoms with Crippen molar-refractivity contribution in [2.75, 3.05) is 0 Å². The Hall–Kier alpha value is -1.64. The summed E-state index contributed by atoms with van der Waals surface area (Å²) >= 11 is 0. The molecule has 68 valence electrons. The number of nitrogens with zero attached hydrogens (tertiary/aromatic N) is 1. The van der Waals surface area contributed by atoms with Crippen LogP contribution in [0.25, 0.3) is 6.08 Å². The lowest BCUT2D eigenvalue weighted by Gasteiger charge is -2.01. The molecule has 0 saturated carbocycles. The van der Waals surface area contributed by atoms with Crippen molar-refractivity contribution in [3.05, 3.63) is 46.0 Å². The first-order valence-corrected chi connectivity index (χ1v) is 4.08. The van der Waals surface area contributed by atoms with Gasteiger partial charge in [0.25, 0.3) is 5.69 Å². The Kier molecular flexibility index (Phi) is 2.80. The number of rotatable bonds is 3. The van der Waals surface area contributed by atoms with Gasteiger partial charge >= 0.3 is 0 Å². The van der Waals surface area contributed by atoms with Gasteiger partial charge in [-0.05, 0) is 17.5 Å². The van der Waals surface area contributed by atoms with Gasteiger partial charge in [0.2, 0.25) is 0 Å². The second-order valence-electron chi connectivity index (χ2n) is 2.70. The van der Waals surface area contributed by atoms with Gasteiger partial charge < -0.3 is 0 Å². The molecule has 0 amide bonds. The van der Waals surface area contributed by atoms with E-state index in [4.69, 9.17) is 0 Å². The number of aryl methyl sites for hydroxylation is 1. The third-order valence-corrected chi connectivity index (χ3v) is 1.94. The van der Waals surface area contributed by atoms with Gasteiger partial charge in [0.15, 0.2) is 0 Å². The molecule has 1 aromatic rings. The highest BCUT2D eigenvalue weighted by Crippen LogP contribution is 2.18. The van der Waals surface area contributed by atoms with E-state index in [0.29, 0.717) is 0 Å². The smallest absolute Gasteiger partial charge is 0.258 e. The Morgan fingerprint density at radius 2 is 2.31 bits per heavy atom. The largest absolute Gasteiger partial charge is 0.270 e. The summed E-state index contributed by atoms with van der Waals surface area (Å²) in [5.74, 6) is 0. The Morgan fingerprint density at radius 1 is 1.62 bits per heavy atom. The van der Waals surface area contributed by atoms with Crippen molar-refractivity contribution < 1.29 is 4.92 Å². The lowest BCUT2D eigenvalue weighted by molar-refractivity contribution is -0.384. The van der Waals surface area contributed by atoms with Crippen molar-refractivity contribution in [3.8, 4) is 0 Å². The molecule has 0 unspecified atom stereocenters. The number of hydrogen-bond acceptors (Lipinski definition) is 2. The molecule has 1 rings (SSSR count). The molecule has 0 aromatic heterocycles. The maximum Gasteiger partial charge on any atom is 0.270 e. The highest BCUT2D eigenvalue weighted by atomic mass is 16.6. The normalized spacial score (nSPS) is 9.62. The predicted molar refractivity (Wildman–Crippen MR) is 52.6 cm³/mol. The van der Waals surface area contributed by atoms with Crippen LogP contribution in [-0.4, -0.2) is 4.92 Å². The molecule has 0 aliphatic heterocycles. The van der Waals surface area contributed by atoms with Crippen molar-refractivity contribution in [1.82, 2.24) is 0 Å². The van der Waals surface area contributed by atoms with Crippen molar-refractivity contribution in [2.24, 2.45) is 0 Å². The van der Waals surface area contributed by atoms with E-state index in [-0.39, 0.29) is 5.69 Å². The van der Waals surface area contributed by atoms with E-state index >= 15 is 0 Å². The monoisotopic (exact) mass is 177 g/mol. The fourth-order valence-corrected chi connectivity index (χ4v) is 1.21. The van der Waals surface area contributed by atoms with Gasteiger partial charge in [0.1, 0.15) is 0 Å². The summed E-state index contributed by atoms with van der Waals surface area (Å²) in [6.07, 6.45) is 2.51. The maximum atomic E-state index is 10.4. The van der Waals surface area contributed by atoms with Crippen LogP contribution in [0.5, 0.6) is 0 Å². The number of non-ortho nitro benzene ring substituents is 1. The standard InChI is InChI=1S/C10H11NO2/c1-3-8-5-6-10(11(12)13)7-9(8)4-2/h4-7H,2-3H2,1H3. The first-order valence-electron chi connectivity index (χ1n) is 4.08. The third-order valence-electron chi connectivity index (χ3n) is 1.94. The van der Waals surface area contributed by atoms with Gasteiger partial charge in [0.05, 0.1) is 4.92 Å². The van der Waals surface area contributed by atoms with E-state index in [1.165, 1.54) is 6.07 Å². The molecule has 1 aromatic carbocycles. The van der Waals surface area contributed by atoms with E-state index in [2.05, 4.69) is 6.58 Å². The topological polar surface area (TPSA) is 43.1 Å². The minimum atomic E-state index is -0.396. The van der Waals surface area contributed by atoms with Crippen molar-refractivity contribution in [2.45, 2.75) is 13.3 Å². The summed E-state index contributed by atoms with van der Waals surface area (Å²) in [4.78, 5) is 10.0. The first-order chi connectivity index (χ1) is 6.19. The Bertz CT molecular complexity index is 345. The van der Waals surface area contributed by atoms with Crippen LogP contribution in [-0.2, 0) is 6.42 Å². The summed E-state index contributed by atoms with van der Waals surface area (Å²) in [6, 6.07) is 4.84. The van der Waals surface area contributed by atoms with Crippen LogP contribution in [0.3, 0.4) is 0 Å². The zero-order valence-electron chi connectivity index (χ0n) is 7.49. The fourth-order valence-electron chi connectivity index (χ4n) is 1.21. The Morgan fingerprint density at radius 3 is 2.77 bits per heavy atom. The highest BCUT2D eigenvalue weighted by Gasteiger charge is 2.07. The lowest BCUT2D eigenvalue weighted by atomic mass is 10.0. The van der Waals surface area contributed by atoms with Crippen LogP contribution in [0.1, 0.15) is 18.1 Å². The fraction of sp³-hybridized carbons (Fsp3) is 0.200. The number of nitro groups is 1. The SMILES string of the molecule is C=Cc1cc([N+](=O)[O-])ccc1CC. The van der Waals surface area contributed by atoms with Crippen molar-refractivity contribution in [1.29, 1.82) is 0 Å². The number of benzene rings is 1. The van der Waals surface area contributed by atoms with Gasteiger partial charge in [-0.25, -0.2) is 0 Å². The molecule has 0 fully saturated rings. The molecule has 0 aliphatic rings. The molecule has 0 saturated heterocycles. The Balaban J connectivity index is 3.20. The van der Waals surface area contributed by atoms with Crippen LogP contribution in [0.2, 0.25) is 0 Å². The lowest BCUT2D eigenvalue weighted by Crippen LogP contribution is -1.91. The van der Waals surface area contributed by atoms with Gasteiger partial charge in [-0.2, -0.15) is 0 Å². The minimum absolute atomic E-state index is 0.118. The molecule has 0 radical (unpaired) electrons. The number of hydrogen-bond donors (Lipinski definition) is 0. The van der Waals surface area contributed by atoms with E-state index in [9.17, 15) is 10.1 Å². The molecule has 0 atom stereocenters. The van der Waals surface area contributed by atoms with Gasteiger partial charge in [-0.1, -0.05) is 25.6 Å². The molecular formula is C10H11NO2. The molecule has 0 spiro atoms. The van der Waals surface area contributed by atoms with Crippen molar-refractivity contribution >= 4 is 11.8 Å². The van der Waals surface area contributed by atoms with Crippen LogP contribution in [0.15, 0.2) is 24.8 Å². The molecule has 0 N–H and O–H groups in total. The van der Waals surface area contributed by atoms with E-state index < -0.39 is 4.92 Å². The van der Waals surface area contributed by atoms with Gasteiger partial charge in [0, 0.05) is 12.1 Å². The summed E-state index contributed by atoms with van der Waals surface area (Å²) in [6.45, 7) is 5.63. The summed E-state index contributed by atoms with van der Waals surface area (Å²) in [5, 5.41) is 10.4. The third kappa shape index (κ3) is 1.93. The molecule has 0 aliphatic carbocycles. The second-order valence-corrected chi connectivity index (χ2v) is 2.70. The Labute approximate surface area is 76.9 Å². The molecule has 3 nitrogen and oxygen atoms in total. The zero-order chi connectivity index (χ0) is 9.84. The van der Waals surface area contributed by atoms with E-state index in [1.807, 2.05) is 6.92 Å². The van der Waals surface area contributed by atoms with E-state index in [1.54, 1.807) is 18.2 Å². The molecule has 3 heteroatoms. The van der Waals surface area contributed by atoms with Crippen LogP contribution in [0, 0.1) is 10.1 Å². The summed E-state index contributed by atoms with van der Waals surface area (Å²) in [5.41, 5.74) is 2.05. The minimum Gasteiger partial charge on any atom is -0.258 e. The van der Waals surface area contributed by atoms with Crippen LogP contribution < -0.4 is 0 Å². The molecule has 0 heterocycles. The molecule has 0 bridgehead atoms. The van der Waals surface area contributed by atoms with Crippen molar-refractivity contribution in [3.63, 3.8) is 0 Å².